The molecule has 0 heterocycles. The zero-order valence-electron chi connectivity index (χ0n) is 3.89. The smallest absolute Gasteiger partial charge is 1.00 e. The van der Waals surface area contributed by atoms with Crippen LogP contribution in [0.3, 0.4) is 0 Å². The van der Waals surface area contributed by atoms with Crippen molar-refractivity contribution < 1.29 is 99.5 Å². The molecule has 4 heteroatoms. The molecule has 1 N–H and O–H groups in total. The van der Waals surface area contributed by atoms with Crippen molar-refractivity contribution in [2.45, 2.75) is 0 Å². The van der Waals surface area contributed by atoms with Gasteiger partial charge in [-0.25, -0.2) is 0 Å². The quantitative estimate of drug-likeness (QED) is 0.322. The third kappa shape index (κ3) is 8.87. The first kappa shape index (κ1) is 28.4. The maximum atomic E-state index is 0. The summed E-state index contributed by atoms with van der Waals surface area (Å²) in [5.74, 6) is 0. The molecule has 0 aliphatic carbocycles. The van der Waals surface area contributed by atoms with E-state index in [1.54, 1.807) is 0 Å². The van der Waals surface area contributed by atoms with Crippen molar-refractivity contribution in [2.75, 3.05) is 0 Å². The minimum Gasteiger partial charge on any atom is -1.00 e. The van der Waals surface area contributed by atoms with Crippen LogP contribution in [0.4, 0.5) is 0 Å². The SMILES string of the molecule is [H-].[K+].[Li+].[Nb].[OH-]. The molecule has 0 atom stereocenters. The molecule has 15 valence electrons. The molecule has 0 aliphatic heterocycles. The second-order valence-corrected chi connectivity index (χ2v) is 0. The van der Waals surface area contributed by atoms with Crippen molar-refractivity contribution in [3.8, 4) is 0 Å². The zero-order valence-corrected chi connectivity index (χ0v) is 8.22. The van der Waals surface area contributed by atoms with E-state index in [1.807, 2.05) is 0 Å². The van der Waals surface area contributed by atoms with E-state index in [2.05, 4.69) is 0 Å². The van der Waals surface area contributed by atoms with Gasteiger partial charge < -0.3 is 6.90 Å². The summed E-state index contributed by atoms with van der Waals surface area (Å²) in [5.41, 5.74) is 0. The van der Waals surface area contributed by atoms with Crippen molar-refractivity contribution in [1.82, 2.24) is 0 Å². The third-order valence-corrected chi connectivity index (χ3v) is 0. The molecule has 0 unspecified atom stereocenters. The first-order valence-corrected chi connectivity index (χ1v) is 0. The Bertz CT molecular complexity index is 11.6. The maximum Gasteiger partial charge on any atom is 1.00 e. The topological polar surface area (TPSA) is 30.0 Å². The second kappa shape index (κ2) is 16.8. The Balaban J connectivity index is 0. The monoisotopic (exact) mass is 157 g/mol. The average molecular weight is 157 g/mol. The summed E-state index contributed by atoms with van der Waals surface area (Å²) in [4.78, 5) is 0. The predicted molar refractivity (Wildman–Crippen MR) is 3.05 cm³/mol. The van der Waals surface area contributed by atoms with E-state index >= 15 is 0 Å². The van der Waals surface area contributed by atoms with Gasteiger partial charge in [-0.05, 0) is 0 Å². The largest absolute Gasteiger partial charge is 1.00 e. The van der Waals surface area contributed by atoms with E-state index in [0.717, 1.165) is 0 Å². The van der Waals surface area contributed by atoms with Crippen LogP contribution < -0.4 is 70.2 Å². The summed E-state index contributed by atoms with van der Waals surface area (Å²) in [7, 11) is 0. The maximum absolute atomic E-state index is 0. The Kier molecular flexibility index (Phi) is 119. The van der Waals surface area contributed by atoms with Crippen LogP contribution in [0.2, 0.25) is 0 Å². The molecule has 0 rings (SSSR count). The summed E-state index contributed by atoms with van der Waals surface area (Å²) >= 11 is 0. The van der Waals surface area contributed by atoms with E-state index in [0.29, 0.717) is 0 Å². The first-order chi connectivity index (χ1) is 0. The molecule has 1 nitrogen and oxygen atoms in total. The van der Waals surface area contributed by atoms with Gasteiger partial charge in [0.25, 0.3) is 0 Å². The minimum atomic E-state index is 0. The van der Waals surface area contributed by atoms with Crippen LogP contribution in [0.1, 0.15) is 1.43 Å². The summed E-state index contributed by atoms with van der Waals surface area (Å²) in [5, 5.41) is 0. The van der Waals surface area contributed by atoms with Crippen molar-refractivity contribution >= 4 is 0 Å². The van der Waals surface area contributed by atoms with Crippen LogP contribution in [0, 0.1) is 0 Å². The molecule has 0 saturated carbocycles. The summed E-state index contributed by atoms with van der Waals surface area (Å²) in [6.07, 6.45) is 0. The van der Waals surface area contributed by atoms with Crippen LogP contribution in [0.5, 0.6) is 0 Å². The molecule has 1 radical (unpaired) electrons. The van der Waals surface area contributed by atoms with Crippen LogP contribution in [-0.4, -0.2) is 5.48 Å². The predicted octanol–water partition coefficient (Wildman–Crippen LogP) is -6.06. The molecule has 0 fully saturated rings. The van der Waals surface area contributed by atoms with E-state index in [9.17, 15) is 0 Å². The van der Waals surface area contributed by atoms with Gasteiger partial charge in [0.05, 0.1) is 0 Å². The van der Waals surface area contributed by atoms with E-state index in [1.165, 1.54) is 0 Å². The first-order valence-electron chi connectivity index (χ1n) is 0. The Labute approximate surface area is 97.2 Å². The van der Waals surface area contributed by atoms with Crippen molar-refractivity contribution in [1.29, 1.82) is 0 Å². The van der Waals surface area contributed by atoms with Crippen LogP contribution in [-0.2, 0) is 22.4 Å². The molecule has 0 amide bonds. The Morgan fingerprint density at radius 1 is 1.25 bits per heavy atom. The number of hydrogen-bond acceptors (Lipinski definition) is 1. The standard InChI is InChI=1S/K.Li.Nb.H2O.H/h;;;1H2;/q2*+1;;;-1/p-1. The van der Waals surface area contributed by atoms with Gasteiger partial charge in [0.15, 0.2) is 0 Å². The van der Waals surface area contributed by atoms with Gasteiger partial charge in [0.2, 0.25) is 0 Å². The van der Waals surface area contributed by atoms with Crippen LogP contribution in [0.15, 0.2) is 0 Å². The molecule has 0 saturated heterocycles. The number of hydrogen-bond donors (Lipinski definition) is 0. The van der Waals surface area contributed by atoms with Gasteiger partial charge in [-0.15, -0.1) is 0 Å². The molecule has 0 aliphatic rings. The van der Waals surface area contributed by atoms with Crippen molar-refractivity contribution in [3.63, 3.8) is 0 Å². The zero-order chi connectivity index (χ0) is 0. The Hall–Kier alpha value is 2.93. The van der Waals surface area contributed by atoms with E-state index < -0.39 is 0 Å². The van der Waals surface area contributed by atoms with Gasteiger partial charge in [-0.3, -0.25) is 0 Å². The second-order valence-electron chi connectivity index (χ2n) is 0. The summed E-state index contributed by atoms with van der Waals surface area (Å²) in [6, 6.07) is 0. The van der Waals surface area contributed by atoms with Gasteiger partial charge >= 0.3 is 70.2 Å². The fourth-order valence-electron chi connectivity index (χ4n) is 0. The molecule has 0 aromatic carbocycles. The van der Waals surface area contributed by atoms with Gasteiger partial charge in [0.1, 0.15) is 0 Å². The normalized spacial score (nSPS) is 0. The summed E-state index contributed by atoms with van der Waals surface area (Å²) < 4.78 is 0. The number of rotatable bonds is 0. The molecule has 0 bridgehead atoms. The van der Waals surface area contributed by atoms with Gasteiger partial charge in [0, 0.05) is 22.4 Å². The minimum absolute atomic E-state index is 0. The van der Waals surface area contributed by atoms with E-state index in [-0.39, 0.29) is 99.5 Å². The van der Waals surface area contributed by atoms with Gasteiger partial charge in [-0.1, -0.05) is 0 Å². The van der Waals surface area contributed by atoms with E-state index in [4.69, 9.17) is 0 Å². The summed E-state index contributed by atoms with van der Waals surface area (Å²) in [6.45, 7) is 0. The van der Waals surface area contributed by atoms with Crippen LogP contribution in [0.25, 0.3) is 0 Å². The van der Waals surface area contributed by atoms with Crippen molar-refractivity contribution in [2.24, 2.45) is 0 Å². The molecular weight excluding hydrogens is 155 g/mol. The Morgan fingerprint density at radius 3 is 1.25 bits per heavy atom. The fourth-order valence-corrected chi connectivity index (χ4v) is 0. The van der Waals surface area contributed by atoms with Gasteiger partial charge in [-0.2, -0.15) is 0 Å². The fraction of sp³-hybridized carbons (Fsp3) is 0. The molecule has 0 spiro atoms. The Morgan fingerprint density at radius 2 is 1.25 bits per heavy atom. The van der Waals surface area contributed by atoms with Crippen LogP contribution >= 0.6 is 0 Å². The third-order valence-electron chi connectivity index (χ3n) is 0. The molecular formula is H2KLiNbO. The van der Waals surface area contributed by atoms with Crippen molar-refractivity contribution in [3.05, 3.63) is 0 Å². The molecule has 0 aromatic heterocycles. The average Bonchev–Trinajstić information content (AvgIpc) is 0. The molecule has 0 aromatic rings. The molecule has 4 heavy (non-hydrogen) atoms.